The lowest BCUT2D eigenvalue weighted by molar-refractivity contribution is 0.245. The molecule has 0 radical (unpaired) electrons. The second-order valence-corrected chi connectivity index (χ2v) is 6.89. The van der Waals surface area contributed by atoms with Crippen LogP contribution in [-0.4, -0.2) is 16.8 Å². The highest BCUT2D eigenvalue weighted by Crippen LogP contribution is 2.27. The lowest BCUT2D eigenvalue weighted by Crippen LogP contribution is -2.16. The highest BCUT2D eigenvalue weighted by molar-refractivity contribution is 5.85. The van der Waals surface area contributed by atoms with Crippen LogP contribution >= 0.6 is 12.4 Å². The molecule has 1 saturated carbocycles. The third-order valence-electron chi connectivity index (χ3n) is 4.88. The minimum absolute atomic E-state index is 0. The van der Waals surface area contributed by atoms with Gasteiger partial charge in [-0.15, -0.1) is 12.4 Å². The van der Waals surface area contributed by atoms with Crippen molar-refractivity contribution >= 4 is 12.4 Å². The van der Waals surface area contributed by atoms with Gasteiger partial charge in [-0.05, 0) is 37.9 Å². The summed E-state index contributed by atoms with van der Waals surface area (Å²) < 4.78 is 21.2. The van der Waals surface area contributed by atoms with Crippen molar-refractivity contribution in [2.45, 2.75) is 51.8 Å². The van der Waals surface area contributed by atoms with E-state index in [4.69, 9.17) is 4.74 Å². The Bertz CT molecular complexity index is 781. The number of halogens is 2. The predicted molar refractivity (Wildman–Crippen MR) is 104 cm³/mol. The Morgan fingerprint density at radius 2 is 2.07 bits per heavy atom. The molecule has 5 nitrogen and oxygen atoms in total. The van der Waals surface area contributed by atoms with E-state index in [9.17, 15) is 9.65 Å². The molecule has 146 valence electrons. The van der Waals surface area contributed by atoms with E-state index in [1.165, 1.54) is 44.2 Å². The Kier molecular flexibility index (Phi) is 8.08. The molecular weight excluding hydrogens is 367 g/mol. The summed E-state index contributed by atoms with van der Waals surface area (Å²) in [6.45, 7) is 1.75. The number of nitrogens with zero attached hydrogens (tertiary/aromatic N) is 3. The van der Waals surface area contributed by atoms with E-state index in [1.54, 1.807) is 6.07 Å². The summed E-state index contributed by atoms with van der Waals surface area (Å²) in [4.78, 5) is 0. The van der Waals surface area contributed by atoms with Gasteiger partial charge in [0.2, 0.25) is 5.88 Å². The van der Waals surface area contributed by atoms with Gasteiger partial charge in [-0.25, -0.2) is 9.07 Å². The van der Waals surface area contributed by atoms with Crippen LogP contribution in [0.5, 0.6) is 5.88 Å². The van der Waals surface area contributed by atoms with E-state index < -0.39 is 5.82 Å². The zero-order valence-corrected chi connectivity index (χ0v) is 16.4. The lowest BCUT2D eigenvalue weighted by atomic mass is 9.89. The van der Waals surface area contributed by atoms with E-state index in [1.807, 2.05) is 23.9 Å². The van der Waals surface area contributed by atoms with Crippen molar-refractivity contribution in [3.05, 3.63) is 46.9 Å². The number of ether oxygens (including phenoxy) is 1. The molecule has 0 amide bonds. The SMILES string of the molecule is CNCc1cc(OCc2ccc(F)cc2C#N)n(CC2CCCCC2)n1.Cl. The van der Waals surface area contributed by atoms with Gasteiger partial charge in [0.05, 0.1) is 17.3 Å². The van der Waals surface area contributed by atoms with Crippen molar-refractivity contribution in [1.82, 2.24) is 15.1 Å². The van der Waals surface area contributed by atoms with Gasteiger partial charge in [-0.2, -0.15) is 10.4 Å². The highest BCUT2D eigenvalue weighted by Gasteiger charge is 2.18. The summed E-state index contributed by atoms with van der Waals surface area (Å²) in [7, 11) is 1.89. The Morgan fingerprint density at radius 1 is 1.30 bits per heavy atom. The standard InChI is InChI=1S/C20H25FN4O.ClH/c1-23-12-19-10-20(25(24-19)13-15-5-3-2-4-6-15)26-14-16-7-8-18(21)9-17(16)11-22;/h7-10,15,23H,2-6,12-14H2,1H3;1H. The first-order valence-corrected chi connectivity index (χ1v) is 9.22. The summed E-state index contributed by atoms with van der Waals surface area (Å²) in [5, 5.41) is 17.0. The molecule has 1 heterocycles. The van der Waals surface area contributed by atoms with Crippen molar-refractivity contribution in [2.75, 3.05) is 7.05 Å². The molecule has 27 heavy (non-hydrogen) atoms. The largest absolute Gasteiger partial charge is 0.473 e. The Balaban J connectivity index is 0.00000261. The number of hydrogen-bond donors (Lipinski definition) is 1. The zero-order chi connectivity index (χ0) is 18.4. The van der Waals surface area contributed by atoms with Crippen molar-refractivity contribution in [3.63, 3.8) is 0 Å². The Labute approximate surface area is 165 Å². The van der Waals surface area contributed by atoms with Crippen LogP contribution in [0.1, 0.15) is 48.9 Å². The second-order valence-electron chi connectivity index (χ2n) is 6.89. The van der Waals surface area contributed by atoms with Crippen molar-refractivity contribution in [2.24, 2.45) is 5.92 Å². The van der Waals surface area contributed by atoms with Crippen LogP contribution in [-0.2, 0) is 19.7 Å². The Morgan fingerprint density at radius 3 is 2.78 bits per heavy atom. The van der Waals surface area contributed by atoms with Gasteiger partial charge in [0.1, 0.15) is 12.4 Å². The molecule has 0 atom stereocenters. The van der Waals surface area contributed by atoms with Crippen LogP contribution in [0, 0.1) is 23.1 Å². The fourth-order valence-corrected chi connectivity index (χ4v) is 3.51. The zero-order valence-electron chi connectivity index (χ0n) is 15.6. The molecule has 7 heteroatoms. The molecule has 0 unspecified atom stereocenters. The summed E-state index contributed by atoms with van der Waals surface area (Å²) in [6, 6.07) is 8.16. The van der Waals surface area contributed by atoms with E-state index in [2.05, 4.69) is 10.4 Å². The molecule has 0 spiro atoms. The van der Waals surface area contributed by atoms with Gasteiger partial charge in [0.15, 0.2) is 0 Å². The van der Waals surface area contributed by atoms with Crippen LogP contribution in [0.3, 0.4) is 0 Å². The van der Waals surface area contributed by atoms with Gasteiger partial charge < -0.3 is 10.1 Å². The quantitative estimate of drug-likeness (QED) is 0.767. The molecule has 1 fully saturated rings. The molecule has 1 aromatic carbocycles. The maximum Gasteiger partial charge on any atom is 0.212 e. The average molecular weight is 393 g/mol. The van der Waals surface area contributed by atoms with Crippen LogP contribution in [0.15, 0.2) is 24.3 Å². The maximum absolute atomic E-state index is 13.3. The molecule has 3 rings (SSSR count). The highest BCUT2D eigenvalue weighted by atomic mass is 35.5. The van der Waals surface area contributed by atoms with Gasteiger partial charge in [0, 0.05) is 24.7 Å². The number of rotatable bonds is 7. The number of hydrogen-bond acceptors (Lipinski definition) is 4. The topological polar surface area (TPSA) is 62.9 Å². The first-order chi connectivity index (χ1) is 12.7. The number of nitriles is 1. The minimum atomic E-state index is -0.413. The van der Waals surface area contributed by atoms with Crippen molar-refractivity contribution in [1.29, 1.82) is 5.26 Å². The smallest absolute Gasteiger partial charge is 0.212 e. The first kappa shape index (κ1) is 21.2. The van der Waals surface area contributed by atoms with Crippen molar-refractivity contribution in [3.8, 4) is 11.9 Å². The van der Waals surface area contributed by atoms with Crippen LogP contribution in [0.4, 0.5) is 4.39 Å². The number of aromatic nitrogens is 2. The maximum atomic E-state index is 13.3. The Hall–Kier alpha value is -2.10. The molecule has 2 aromatic rings. The summed E-state index contributed by atoms with van der Waals surface area (Å²) in [6.07, 6.45) is 6.36. The van der Waals surface area contributed by atoms with E-state index in [0.717, 1.165) is 12.2 Å². The van der Waals surface area contributed by atoms with Gasteiger partial charge >= 0.3 is 0 Å². The third kappa shape index (κ3) is 5.69. The van der Waals surface area contributed by atoms with Crippen LogP contribution in [0.25, 0.3) is 0 Å². The molecule has 1 aliphatic carbocycles. The number of benzene rings is 1. The summed E-state index contributed by atoms with van der Waals surface area (Å²) in [5.74, 6) is 0.923. The molecule has 0 aliphatic heterocycles. The second kappa shape index (κ2) is 10.3. The number of nitrogens with one attached hydrogen (secondary N) is 1. The summed E-state index contributed by atoms with van der Waals surface area (Å²) >= 11 is 0. The van der Waals surface area contributed by atoms with Crippen LogP contribution in [0.2, 0.25) is 0 Å². The monoisotopic (exact) mass is 392 g/mol. The molecule has 1 N–H and O–H groups in total. The summed E-state index contributed by atoms with van der Waals surface area (Å²) in [5.41, 5.74) is 1.91. The van der Waals surface area contributed by atoms with Gasteiger partial charge in [-0.1, -0.05) is 25.3 Å². The van der Waals surface area contributed by atoms with E-state index in [0.29, 0.717) is 29.5 Å². The fourth-order valence-electron chi connectivity index (χ4n) is 3.51. The molecule has 0 bridgehead atoms. The molecule has 0 saturated heterocycles. The average Bonchev–Trinajstić information content (AvgIpc) is 3.03. The van der Waals surface area contributed by atoms with Gasteiger partial charge in [-0.3, -0.25) is 0 Å². The van der Waals surface area contributed by atoms with Crippen molar-refractivity contribution < 1.29 is 9.13 Å². The van der Waals surface area contributed by atoms with E-state index in [-0.39, 0.29) is 19.0 Å². The molecular formula is C20H26ClFN4O. The van der Waals surface area contributed by atoms with E-state index >= 15 is 0 Å². The predicted octanol–water partition coefficient (Wildman–Crippen LogP) is 4.19. The molecule has 1 aromatic heterocycles. The lowest BCUT2D eigenvalue weighted by Gasteiger charge is -2.22. The third-order valence-corrected chi connectivity index (χ3v) is 4.88. The molecule has 1 aliphatic rings. The van der Waals surface area contributed by atoms with Gasteiger partial charge in [0.25, 0.3) is 0 Å². The first-order valence-electron chi connectivity index (χ1n) is 9.22. The van der Waals surface area contributed by atoms with Crippen LogP contribution < -0.4 is 10.1 Å². The normalized spacial score (nSPS) is 14.4. The fraction of sp³-hybridized carbons (Fsp3) is 0.500. The minimum Gasteiger partial charge on any atom is -0.473 e.